The number of aromatic nitrogens is 3. The minimum Gasteiger partial charge on any atom is -0.396 e. The van der Waals surface area contributed by atoms with Gasteiger partial charge in [0.15, 0.2) is 0 Å². The zero-order valence-corrected chi connectivity index (χ0v) is 18.6. The molecular weight excluding hydrogens is 410 g/mol. The fraction of sp³-hybridized carbons (Fsp3) is 0.455. The highest BCUT2D eigenvalue weighted by Crippen LogP contribution is 2.37. The summed E-state index contributed by atoms with van der Waals surface area (Å²) in [5, 5.41) is 4.73. The van der Waals surface area contributed by atoms with Gasteiger partial charge in [-0.3, -0.25) is 4.79 Å². The van der Waals surface area contributed by atoms with Crippen LogP contribution in [0.3, 0.4) is 0 Å². The van der Waals surface area contributed by atoms with Crippen molar-refractivity contribution in [3.63, 3.8) is 0 Å². The molecule has 2 aliphatic rings. The van der Waals surface area contributed by atoms with E-state index in [0.717, 1.165) is 42.3 Å². The lowest BCUT2D eigenvalue weighted by molar-refractivity contribution is -0.131. The molecule has 1 saturated heterocycles. The number of amides is 1. The van der Waals surface area contributed by atoms with Gasteiger partial charge in [0.1, 0.15) is 23.0 Å². The van der Waals surface area contributed by atoms with Crippen LogP contribution in [0.4, 0.5) is 17.3 Å². The standard InChI is InChI=1S/C22H29N7OS/c1-2-16-7-8-17-21(26-15-27-22(17)31-16)29-13-11-28(12-14-29)19(30)6-4-10-25-20-18(23)5-3-9-24-20/h3,5,7-9,15-16H,2,4,6,10-14,23H2,1H3,(H,24,25). The Balaban J connectivity index is 1.25. The molecule has 8 nitrogen and oxygen atoms in total. The van der Waals surface area contributed by atoms with Crippen LogP contribution >= 0.6 is 11.8 Å². The van der Waals surface area contributed by atoms with Crippen molar-refractivity contribution in [3.05, 3.63) is 36.3 Å². The number of nitrogens with one attached hydrogen (secondary N) is 1. The molecule has 2 aromatic heterocycles. The highest BCUT2D eigenvalue weighted by molar-refractivity contribution is 8.00. The molecule has 0 saturated carbocycles. The summed E-state index contributed by atoms with van der Waals surface area (Å²) in [7, 11) is 0. The van der Waals surface area contributed by atoms with E-state index >= 15 is 0 Å². The minimum absolute atomic E-state index is 0.196. The number of carbonyl (C=O) groups is 1. The molecule has 2 aliphatic heterocycles. The highest BCUT2D eigenvalue weighted by atomic mass is 32.2. The third-order valence-electron chi connectivity index (χ3n) is 5.60. The monoisotopic (exact) mass is 439 g/mol. The molecule has 0 aromatic carbocycles. The molecule has 0 radical (unpaired) electrons. The van der Waals surface area contributed by atoms with Gasteiger partial charge in [0.25, 0.3) is 0 Å². The van der Waals surface area contributed by atoms with Crippen LogP contribution in [0.5, 0.6) is 0 Å². The fourth-order valence-electron chi connectivity index (χ4n) is 3.81. The van der Waals surface area contributed by atoms with Crippen LogP contribution in [0, 0.1) is 0 Å². The van der Waals surface area contributed by atoms with Crippen molar-refractivity contribution in [2.75, 3.05) is 48.7 Å². The van der Waals surface area contributed by atoms with Crippen molar-refractivity contribution < 1.29 is 4.79 Å². The average molecular weight is 440 g/mol. The average Bonchev–Trinajstić information content (AvgIpc) is 2.82. The van der Waals surface area contributed by atoms with E-state index in [9.17, 15) is 4.79 Å². The van der Waals surface area contributed by atoms with Crippen LogP contribution in [0.15, 0.2) is 35.8 Å². The molecular formula is C22H29N7OS. The van der Waals surface area contributed by atoms with Crippen molar-refractivity contribution in [1.82, 2.24) is 19.9 Å². The molecule has 3 N–H and O–H groups in total. The zero-order chi connectivity index (χ0) is 21.6. The third kappa shape index (κ3) is 5.10. The fourth-order valence-corrected chi connectivity index (χ4v) is 4.81. The first kappa shape index (κ1) is 21.4. The normalized spacial score (nSPS) is 18.0. The van der Waals surface area contributed by atoms with Gasteiger partial charge in [0.2, 0.25) is 5.91 Å². The van der Waals surface area contributed by atoms with Gasteiger partial charge >= 0.3 is 0 Å². The number of pyridine rings is 1. The Hall–Kier alpha value is -2.81. The molecule has 164 valence electrons. The smallest absolute Gasteiger partial charge is 0.222 e. The zero-order valence-electron chi connectivity index (χ0n) is 17.8. The Morgan fingerprint density at radius 2 is 2.10 bits per heavy atom. The highest BCUT2D eigenvalue weighted by Gasteiger charge is 2.25. The molecule has 1 atom stereocenters. The van der Waals surface area contributed by atoms with Crippen molar-refractivity contribution in [2.45, 2.75) is 36.5 Å². The van der Waals surface area contributed by atoms with Crippen LogP contribution in [0.2, 0.25) is 0 Å². The summed E-state index contributed by atoms with van der Waals surface area (Å²) in [5.74, 6) is 1.85. The molecule has 4 rings (SSSR count). The Kier molecular flexibility index (Phi) is 6.91. The molecule has 1 unspecified atom stereocenters. The summed E-state index contributed by atoms with van der Waals surface area (Å²) < 4.78 is 0. The second kappa shape index (κ2) is 10.00. The Morgan fingerprint density at radius 3 is 2.87 bits per heavy atom. The van der Waals surface area contributed by atoms with Gasteiger partial charge in [-0.25, -0.2) is 15.0 Å². The number of nitrogens with zero attached hydrogens (tertiary/aromatic N) is 5. The van der Waals surface area contributed by atoms with Crippen LogP contribution in [-0.2, 0) is 4.79 Å². The van der Waals surface area contributed by atoms with Gasteiger partial charge in [-0.05, 0) is 25.0 Å². The van der Waals surface area contributed by atoms with E-state index in [1.165, 1.54) is 0 Å². The van der Waals surface area contributed by atoms with Gasteiger partial charge in [-0.2, -0.15) is 0 Å². The third-order valence-corrected chi connectivity index (χ3v) is 6.94. The van der Waals surface area contributed by atoms with Crippen LogP contribution in [-0.4, -0.2) is 63.7 Å². The number of fused-ring (bicyclic) bond motifs is 1. The molecule has 9 heteroatoms. The molecule has 1 fully saturated rings. The largest absolute Gasteiger partial charge is 0.396 e. The predicted octanol–water partition coefficient (Wildman–Crippen LogP) is 2.89. The second-order valence-electron chi connectivity index (χ2n) is 7.68. The van der Waals surface area contributed by atoms with Crippen LogP contribution in [0.1, 0.15) is 31.7 Å². The van der Waals surface area contributed by atoms with Gasteiger partial charge in [0, 0.05) is 56.2 Å². The summed E-state index contributed by atoms with van der Waals surface area (Å²) in [6.07, 6.45) is 10.1. The maximum Gasteiger partial charge on any atom is 0.222 e. The van der Waals surface area contributed by atoms with Crippen molar-refractivity contribution in [2.24, 2.45) is 0 Å². The molecule has 0 bridgehead atoms. The van der Waals surface area contributed by atoms with E-state index in [-0.39, 0.29) is 5.91 Å². The summed E-state index contributed by atoms with van der Waals surface area (Å²) in [4.78, 5) is 30.1. The number of hydrogen-bond donors (Lipinski definition) is 2. The predicted molar refractivity (Wildman–Crippen MR) is 126 cm³/mol. The van der Waals surface area contributed by atoms with E-state index in [1.54, 1.807) is 30.4 Å². The Bertz CT molecular complexity index is 943. The number of anilines is 3. The topological polar surface area (TPSA) is 100 Å². The van der Waals surface area contributed by atoms with Gasteiger partial charge in [-0.1, -0.05) is 30.8 Å². The SMILES string of the molecule is CCC1C=Cc2c(ncnc2N2CCN(C(=O)CCCNc3ncccc3N)CC2)S1. The Morgan fingerprint density at radius 1 is 1.26 bits per heavy atom. The molecule has 0 spiro atoms. The molecule has 2 aromatic rings. The van der Waals surface area contributed by atoms with E-state index in [0.29, 0.717) is 42.8 Å². The number of rotatable bonds is 7. The quantitative estimate of drug-likeness (QED) is 0.502. The van der Waals surface area contributed by atoms with Gasteiger partial charge < -0.3 is 20.9 Å². The molecule has 31 heavy (non-hydrogen) atoms. The summed E-state index contributed by atoms with van der Waals surface area (Å²) in [6, 6.07) is 3.61. The molecule has 0 aliphatic carbocycles. The first-order valence-electron chi connectivity index (χ1n) is 10.8. The maximum absolute atomic E-state index is 12.6. The lowest BCUT2D eigenvalue weighted by Crippen LogP contribution is -2.49. The summed E-state index contributed by atoms with van der Waals surface area (Å²) in [5.41, 5.74) is 7.61. The lowest BCUT2D eigenvalue weighted by atomic mass is 10.2. The Labute approximate surface area is 187 Å². The van der Waals surface area contributed by atoms with Crippen molar-refractivity contribution in [1.29, 1.82) is 0 Å². The number of nitrogen functional groups attached to an aromatic ring is 1. The van der Waals surface area contributed by atoms with Gasteiger partial charge in [0.05, 0.1) is 5.69 Å². The van der Waals surface area contributed by atoms with Crippen molar-refractivity contribution >= 4 is 41.1 Å². The number of piperazine rings is 1. The molecule has 4 heterocycles. The summed E-state index contributed by atoms with van der Waals surface area (Å²) in [6.45, 7) is 5.86. The number of thioether (sulfide) groups is 1. The van der Waals surface area contributed by atoms with Crippen molar-refractivity contribution in [3.8, 4) is 0 Å². The maximum atomic E-state index is 12.6. The first-order chi connectivity index (χ1) is 15.2. The second-order valence-corrected chi connectivity index (χ2v) is 8.91. The van der Waals surface area contributed by atoms with Crippen LogP contribution in [0.25, 0.3) is 6.08 Å². The molecule has 1 amide bonds. The first-order valence-corrected chi connectivity index (χ1v) is 11.7. The van der Waals surface area contributed by atoms with Gasteiger partial charge in [-0.15, -0.1) is 0 Å². The van der Waals surface area contributed by atoms with Crippen LogP contribution < -0.4 is 16.0 Å². The number of hydrogen-bond acceptors (Lipinski definition) is 8. The van der Waals surface area contributed by atoms with E-state index in [1.807, 2.05) is 11.0 Å². The van der Waals surface area contributed by atoms with E-state index in [4.69, 9.17) is 5.73 Å². The number of carbonyl (C=O) groups excluding carboxylic acids is 1. The lowest BCUT2D eigenvalue weighted by Gasteiger charge is -2.36. The van der Waals surface area contributed by atoms with E-state index in [2.05, 4.69) is 44.2 Å². The van der Waals surface area contributed by atoms with E-state index < -0.39 is 0 Å². The summed E-state index contributed by atoms with van der Waals surface area (Å²) >= 11 is 1.80. The number of nitrogens with two attached hydrogens (primary N) is 1. The minimum atomic E-state index is 0.196.